The summed E-state index contributed by atoms with van der Waals surface area (Å²) in [5.41, 5.74) is 0.800. The van der Waals surface area contributed by atoms with Crippen LogP contribution in [0.3, 0.4) is 0 Å². The smallest absolute Gasteiger partial charge is 0.238 e. The van der Waals surface area contributed by atoms with Gasteiger partial charge in [0.2, 0.25) is 5.91 Å². The van der Waals surface area contributed by atoms with Crippen LogP contribution in [-0.2, 0) is 4.79 Å². The molecule has 1 atom stereocenters. The maximum Gasteiger partial charge on any atom is 0.238 e. The summed E-state index contributed by atoms with van der Waals surface area (Å²) in [7, 11) is 0. The summed E-state index contributed by atoms with van der Waals surface area (Å²) in [6.45, 7) is 1.37. The van der Waals surface area contributed by atoms with Crippen molar-refractivity contribution >= 4 is 27.5 Å². The molecule has 110 valence electrons. The lowest BCUT2D eigenvalue weighted by molar-refractivity contribution is -0.118. The molecule has 0 radical (unpaired) electrons. The van der Waals surface area contributed by atoms with Crippen molar-refractivity contribution < 1.29 is 9.90 Å². The van der Waals surface area contributed by atoms with Gasteiger partial charge < -0.3 is 10.4 Å². The van der Waals surface area contributed by atoms with Crippen molar-refractivity contribution in [1.29, 1.82) is 0 Å². The molecule has 1 aromatic carbocycles. The molecule has 1 heterocycles. The number of amides is 1. The molecule has 20 heavy (non-hydrogen) atoms. The zero-order chi connectivity index (χ0) is 14.4. The third kappa shape index (κ3) is 4.58. The first-order valence-corrected chi connectivity index (χ1v) is 7.88. The van der Waals surface area contributed by atoms with Crippen molar-refractivity contribution in [1.82, 2.24) is 4.90 Å². The molecular formula is C15H21BrN2O2. The van der Waals surface area contributed by atoms with Crippen molar-refractivity contribution in [2.24, 2.45) is 0 Å². The summed E-state index contributed by atoms with van der Waals surface area (Å²) >= 11 is 3.37. The van der Waals surface area contributed by atoms with Crippen LogP contribution in [0.1, 0.15) is 25.7 Å². The molecule has 2 rings (SSSR count). The number of nitrogens with zero attached hydrogens (tertiary/aromatic N) is 1. The van der Waals surface area contributed by atoms with Crippen molar-refractivity contribution in [2.75, 3.05) is 25.0 Å². The molecule has 0 aromatic heterocycles. The first-order valence-electron chi connectivity index (χ1n) is 7.09. The Bertz CT molecular complexity index is 436. The summed E-state index contributed by atoms with van der Waals surface area (Å²) in [5.74, 6) is -0.0207. The third-order valence-corrected chi connectivity index (χ3v) is 4.21. The van der Waals surface area contributed by atoms with E-state index in [9.17, 15) is 9.90 Å². The van der Waals surface area contributed by atoms with Gasteiger partial charge in [-0.25, -0.2) is 0 Å². The Balaban J connectivity index is 1.90. The molecule has 4 nitrogen and oxygen atoms in total. The van der Waals surface area contributed by atoms with Gasteiger partial charge in [-0.05, 0) is 43.7 Å². The van der Waals surface area contributed by atoms with Crippen LogP contribution < -0.4 is 5.32 Å². The SMILES string of the molecule is O=C(CN1CCCCCC1CO)Nc1ccc(Br)cc1. The molecular weight excluding hydrogens is 320 g/mol. The Kier molecular flexibility index (Phi) is 6.01. The van der Waals surface area contributed by atoms with Crippen molar-refractivity contribution in [3.63, 3.8) is 0 Å². The van der Waals surface area contributed by atoms with Gasteiger partial charge in [0.05, 0.1) is 13.2 Å². The van der Waals surface area contributed by atoms with Gasteiger partial charge in [0.25, 0.3) is 0 Å². The maximum atomic E-state index is 12.1. The second-order valence-electron chi connectivity index (χ2n) is 5.21. The zero-order valence-electron chi connectivity index (χ0n) is 11.5. The van der Waals surface area contributed by atoms with E-state index in [0.717, 1.165) is 36.0 Å². The lowest BCUT2D eigenvalue weighted by Gasteiger charge is -2.27. The topological polar surface area (TPSA) is 52.6 Å². The fraction of sp³-hybridized carbons (Fsp3) is 0.533. The molecule has 1 saturated heterocycles. The normalized spacial score (nSPS) is 20.4. The number of halogens is 1. The minimum atomic E-state index is -0.0207. The van der Waals surface area contributed by atoms with Gasteiger partial charge in [-0.15, -0.1) is 0 Å². The van der Waals surface area contributed by atoms with Gasteiger partial charge in [0.15, 0.2) is 0 Å². The van der Waals surface area contributed by atoms with E-state index in [1.54, 1.807) is 0 Å². The number of benzene rings is 1. The average Bonchev–Trinajstić information content (AvgIpc) is 2.66. The molecule has 0 aliphatic carbocycles. The molecule has 2 N–H and O–H groups in total. The maximum absolute atomic E-state index is 12.1. The van der Waals surface area contributed by atoms with E-state index in [4.69, 9.17) is 0 Å². The average molecular weight is 341 g/mol. The largest absolute Gasteiger partial charge is 0.395 e. The molecule has 1 aromatic rings. The lowest BCUT2D eigenvalue weighted by Crippen LogP contribution is -2.42. The van der Waals surface area contributed by atoms with Crippen LogP contribution in [0.15, 0.2) is 28.7 Å². The monoisotopic (exact) mass is 340 g/mol. The highest BCUT2D eigenvalue weighted by molar-refractivity contribution is 9.10. The number of hydrogen-bond donors (Lipinski definition) is 2. The number of anilines is 1. The highest BCUT2D eigenvalue weighted by Gasteiger charge is 2.22. The molecule has 0 bridgehead atoms. The van der Waals surface area contributed by atoms with E-state index in [-0.39, 0.29) is 18.6 Å². The summed E-state index contributed by atoms with van der Waals surface area (Å²) in [5, 5.41) is 12.3. The Labute approximate surface area is 128 Å². The summed E-state index contributed by atoms with van der Waals surface area (Å²) < 4.78 is 0.989. The summed E-state index contributed by atoms with van der Waals surface area (Å²) in [6.07, 6.45) is 4.39. The predicted molar refractivity (Wildman–Crippen MR) is 83.7 cm³/mol. The van der Waals surface area contributed by atoms with E-state index in [0.29, 0.717) is 6.54 Å². The Morgan fingerprint density at radius 3 is 2.75 bits per heavy atom. The first-order chi connectivity index (χ1) is 9.69. The molecule has 1 aliphatic heterocycles. The first kappa shape index (κ1) is 15.5. The molecule has 0 saturated carbocycles. The number of carbonyl (C=O) groups excluding carboxylic acids is 1. The highest BCUT2D eigenvalue weighted by Crippen LogP contribution is 2.17. The van der Waals surface area contributed by atoms with Crippen LogP contribution in [-0.4, -0.2) is 41.7 Å². The minimum Gasteiger partial charge on any atom is -0.395 e. The van der Waals surface area contributed by atoms with E-state index in [2.05, 4.69) is 26.1 Å². The fourth-order valence-electron chi connectivity index (χ4n) is 2.57. The van der Waals surface area contributed by atoms with Gasteiger partial charge in [-0.3, -0.25) is 9.69 Å². The van der Waals surface area contributed by atoms with Crippen LogP contribution in [0.5, 0.6) is 0 Å². The highest BCUT2D eigenvalue weighted by atomic mass is 79.9. The van der Waals surface area contributed by atoms with Crippen LogP contribution in [0.4, 0.5) is 5.69 Å². The van der Waals surface area contributed by atoms with Crippen LogP contribution in [0.25, 0.3) is 0 Å². The second kappa shape index (κ2) is 7.76. The Hall–Kier alpha value is -0.910. The second-order valence-corrected chi connectivity index (χ2v) is 6.13. The summed E-state index contributed by atoms with van der Waals surface area (Å²) in [6, 6.07) is 7.66. The quantitative estimate of drug-likeness (QED) is 0.885. The fourth-order valence-corrected chi connectivity index (χ4v) is 2.83. The summed E-state index contributed by atoms with van der Waals surface area (Å²) in [4.78, 5) is 14.2. The van der Waals surface area contributed by atoms with Crippen LogP contribution in [0.2, 0.25) is 0 Å². The lowest BCUT2D eigenvalue weighted by atomic mass is 10.1. The van der Waals surface area contributed by atoms with Gasteiger partial charge in [0.1, 0.15) is 0 Å². The third-order valence-electron chi connectivity index (χ3n) is 3.68. The standard InChI is InChI=1S/C15H21BrN2O2/c16-12-5-7-13(8-6-12)17-15(20)10-18-9-3-1-2-4-14(18)11-19/h5-8,14,19H,1-4,9-11H2,(H,17,20). The van der Waals surface area contributed by atoms with Crippen molar-refractivity contribution in [2.45, 2.75) is 31.7 Å². The van der Waals surface area contributed by atoms with E-state index < -0.39 is 0 Å². The molecule has 1 amide bonds. The van der Waals surface area contributed by atoms with Crippen LogP contribution >= 0.6 is 15.9 Å². The molecule has 1 aliphatic rings. The van der Waals surface area contributed by atoms with E-state index in [1.165, 1.54) is 6.42 Å². The van der Waals surface area contributed by atoms with Crippen molar-refractivity contribution in [3.05, 3.63) is 28.7 Å². The molecule has 1 unspecified atom stereocenters. The van der Waals surface area contributed by atoms with Crippen LogP contribution in [0, 0.1) is 0 Å². The number of carbonyl (C=O) groups is 1. The molecule has 0 spiro atoms. The molecule has 5 heteroatoms. The number of hydrogen-bond acceptors (Lipinski definition) is 3. The Morgan fingerprint density at radius 2 is 2.05 bits per heavy atom. The van der Waals surface area contributed by atoms with Gasteiger partial charge in [-0.1, -0.05) is 28.8 Å². The van der Waals surface area contributed by atoms with Gasteiger partial charge in [0, 0.05) is 16.2 Å². The number of likely N-dealkylation sites (tertiary alicyclic amines) is 1. The van der Waals surface area contributed by atoms with E-state index in [1.807, 2.05) is 24.3 Å². The molecule has 1 fully saturated rings. The minimum absolute atomic E-state index is 0.0207. The Morgan fingerprint density at radius 1 is 1.30 bits per heavy atom. The number of aliphatic hydroxyl groups excluding tert-OH is 1. The number of rotatable bonds is 4. The van der Waals surface area contributed by atoms with Gasteiger partial charge >= 0.3 is 0 Å². The van der Waals surface area contributed by atoms with Gasteiger partial charge in [-0.2, -0.15) is 0 Å². The zero-order valence-corrected chi connectivity index (χ0v) is 13.1. The number of aliphatic hydroxyl groups is 1. The van der Waals surface area contributed by atoms with Crippen molar-refractivity contribution in [3.8, 4) is 0 Å². The van der Waals surface area contributed by atoms with E-state index >= 15 is 0 Å². The number of nitrogens with one attached hydrogen (secondary N) is 1. The predicted octanol–water partition coefficient (Wildman–Crippen LogP) is 2.62.